The zero-order valence-electron chi connectivity index (χ0n) is 25.4. The van der Waals surface area contributed by atoms with E-state index >= 15 is 0 Å². The molecule has 3 aliphatic heterocycles. The smallest absolute Gasteiger partial charge is 0.318 e. The molecule has 3 aliphatic rings. The van der Waals surface area contributed by atoms with Gasteiger partial charge in [0.05, 0.1) is 36.9 Å². The summed E-state index contributed by atoms with van der Waals surface area (Å²) in [5.41, 5.74) is 0.680. The minimum atomic E-state index is -2.02. The molecule has 1 aromatic heterocycles. The second-order valence-electron chi connectivity index (χ2n) is 12.5. The van der Waals surface area contributed by atoms with Gasteiger partial charge < -0.3 is 24.2 Å². The summed E-state index contributed by atoms with van der Waals surface area (Å²) < 4.78 is 27.4. The van der Waals surface area contributed by atoms with Crippen LogP contribution in [0.2, 0.25) is 5.02 Å². The van der Waals surface area contributed by atoms with E-state index in [1.54, 1.807) is 0 Å². The number of likely N-dealkylation sites (tertiary alicyclic amines) is 1. The molecule has 4 heterocycles. The van der Waals surface area contributed by atoms with E-state index in [0.29, 0.717) is 49.0 Å². The summed E-state index contributed by atoms with van der Waals surface area (Å²) in [6.45, 7) is 5.36. The molecule has 44 heavy (non-hydrogen) atoms. The molecule has 2 aromatic carbocycles. The first-order valence-corrected chi connectivity index (χ1v) is 15.6. The summed E-state index contributed by atoms with van der Waals surface area (Å²) in [6.07, 6.45) is 2.51. The van der Waals surface area contributed by atoms with Gasteiger partial charge in [-0.25, -0.2) is 4.39 Å². The van der Waals surface area contributed by atoms with Crippen LogP contribution >= 0.6 is 11.6 Å². The first-order valence-electron chi connectivity index (χ1n) is 15.3. The highest BCUT2D eigenvalue weighted by molar-refractivity contribution is 6.35. The van der Waals surface area contributed by atoms with E-state index in [1.165, 1.54) is 18.7 Å². The third kappa shape index (κ3) is 6.06. The Balaban J connectivity index is 1.33. The number of hydrogen-bond acceptors (Lipinski definition) is 8. The fourth-order valence-corrected chi connectivity index (χ4v) is 6.94. The number of aromatic nitrogens is 2. The quantitative estimate of drug-likeness (QED) is 0.354. The molecule has 0 unspecified atom stereocenters. The number of amides is 1. The summed E-state index contributed by atoms with van der Waals surface area (Å²) in [7, 11) is 2.10. The number of anilines is 1. The maximum Gasteiger partial charge on any atom is 0.318 e. The molecule has 2 fully saturated rings. The van der Waals surface area contributed by atoms with Gasteiger partial charge in [-0.05, 0) is 57.3 Å². The van der Waals surface area contributed by atoms with Gasteiger partial charge in [0, 0.05) is 48.1 Å². The Bertz CT molecular complexity index is 1580. The maximum atomic E-state index is 14.7. The van der Waals surface area contributed by atoms with Crippen molar-refractivity contribution in [3.05, 3.63) is 58.2 Å². The zero-order valence-corrected chi connectivity index (χ0v) is 26.2. The van der Waals surface area contributed by atoms with Crippen molar-refractivity contribution >= 4 is 34.1 Å². The first-order chi connectivity index (χ1) is 21.1. The minimum Gasteiger partial charge on any atom is -0.462 e. The van der Waals surface area contributed by atoms with Gasteiger partial charge in [-0.2, -0.15) is 15.2 Å². The van der Waals surface area contributed by atoms with Gasteiger partial charge in [-0.1, -0.05) is 41.9 Å². The molecule has 0 saturated carbocycles. The van der Waals surface area contributed by atoms with Crippen molar-refractivity contribution in [3.63, 3.8) is 0 Å². The molecule has 11 heteroatoms. The lowest BCUT2D eigenvalue weighted by Crippen LogP contribution is -2.58. The average molecular weight is 621 g/mol. The summed E-state index contributed by atoms with van der Waals surface area (Å²) >= 11 is 6.66. The molecule has 6 rings (SSSR count). The fraction of sp³-hybridized carbons (Fsp3) is 0.515. The van der Waals surface area contributed by atoms with Crippen molar-refractivity contribution in [1.82, 2.24) is 19.8 Å². The summed E-state index contributed by atoms with van der Waals surface area (Å²) in [4.78, 5) is 28.5. The number of ether oxygens (including phenoxy) is 2. The Kier molecular flexibility index (Phi) is 8.64. The lowest BCUT2D eigenvalue weighted by atomic mass is 9.94. The molecule has 232 valence electrons. The molecule has 0 spiro atoms. The Hall–Kier alpha value is -3.52. The van der Waals surface area contributed by atoms with E-state index in [9.17, 15) is 14.4 Å². The highest BCUT2D eigenvalue weighted by atomic mass is 35.5. The molecule has 3 atom stereocenters. The van der Waals surface area contributed by atoms with Crippen molar-refractivity contribution in [2.45, 2.75) is 70.0 Å². The van der Waals surface area contributed by atoms with Gasteiger partial charge in [0.25, 0.3) is 5.91 Å². The van der Waals surface area contributed by atoms with Crippen molar-refractivity contribution in [3.8, 4) is 12.1 Å². The number of fused-ring (bicyclic) bond motifs is 2. The van der Waals surface area contributed by atoms with Crippen LogP contribution in [0.5, 0.6) is 6.01 Å². The molecule has 1 amide bonds. The number of nitrogens with zero attached hydrogens (tertiary/aromatic N) is 6. The van der Waals surface area contributed by atoms with Crippen molar-refractivity contribution in [2.75, 3.05) is 44.7 Å². The topological polar surface area (TPSA) is 94.8 Å². The van der Waals surface area contributed by atoms with Crippen LogP contribution in [0.25, 0.3) is 10.8 Å². The van der Waals surface area contributed by atoms with Crippen LogP contribution in [0.4, 0.5) is 10.2 Å². The predicted molar refractivity (Wildman–Crippen MR) is 167 cm³/mol. The largest absolute Gasteiger partial charge is 0.462 e. The van der Waals surface area contributed by atoms with Crippen LogP contribution in [-0.2, 0) is 22.6 Å². The number of alkyl halides is 1. The Morgan fingerprint density at radius 1 is 1.18 bits per heavy atom. The van der Waals surface area contributed by atoms with Crippen molar-refractivity contribution in [1.29, 1.82) is 5.26 Å². The summed E-state index contributed by atoms with van der Waals surface area (Å²) in [6, 6.07) is 14.3. The van der Waals surface area contributed by atoms with Gasteiger partial charge in [-0.15, -0.1) is 0 Å². The van der Waals surface area contributed by atoms with E-state index in [1.807, 2.05) is 36.4 Å². The third-order valence-corrected chi connectivity index (χ3v) is 9.36. The molecule has 9 nitrogen and oxygen atoms in total. The number of carbonyl (C=O) groups excluding carboxylic acids is 1. The monoisotopic (exact) mass is 620 g/mol. The third-order valence-electron chi connectivity index (χ3n) is 9.05. The number of likely N-dealkylation sites (N-methyl/N-ethyl adjacent to an activating group) is 1. The number of hydrogen-bond donors (Lipinski definition) is 0. The molecular weight excluding hydrogens is 583 g/mol. The molecule has 2 saturated heterocycles. The predicted octanol–water partition coefficient (Wildman–Crippen LogP) is 5.25. The maximum absolute atomic E-state index is 14.7. The zero-order chi connectivity index (χ0) is 31.0. The molecule has 0 radical (unpaired) electrons. The number of carbonyl (C=O) groups is 1. The van der Waals surface area contributed by atoms with Gasteiger partial charge in [0.15, 0.2) is 5.67 Å². The van der Waals surface area contributed by atoms with Crippen LogP contribution in [0.15, 0.2) is 36.4 Å². The molecule has 3 aromatic rings. The second-order valence-corrected chi connectivity index (χ2v) is 12.9. The van der Waals surface area contributed by atoms with E-state index < -0.39 is 17.6 Å². The normalized spacial score (nSPS) is 22.6. The van der Waals surface area contributed by atoms with Crippen LogP contribution in [-0.4, -0.2) is 83.3 Å². The van der Waals surface area contributed by atoms with Crippen LogP contribution in [0.1, 0.15) is 56.0 Å². The summed E-state index contributed by atoms with van der Waals surface area (Å²) in [5.74, 6) is 0.0699. The minimum absolute atomic E-state index is 0.0867. The highest BCUT2D eigenvalue weighted by Crippen LogP contribution is 2.39. The molecule has 0 N–H and O–H groups in total. The number of halogens is 2. The van der Waals surface area contributed by atoms with Gasteiger partial charge in [0.1, 0.15) is 12.4 Å². The number of benzene rings is 2. The number of nitriles is 1. The van der Waals surface area contributed by atoms with Crippen LogP contribution in [0.3, 0.4) is 0 Å². The highest BCUT2D eigenvalue weighted by Gasteiger charge is 2.40. The SMILES string of the molecule is CN1CCC[C@@H]1COc1nc2c(c(N3CCN(C(=O)C(C)(C)F)[C@@H](CC#N)C3)n1)CO[C@H](c1cccc3cccc(Cl)c13)C2. The standard InChI is InChI=1S/C33H38ClFN6O3/c1-33(2,35)31(42)41-16-15-40(18-22(41)12-13-36)30-25-20-43-28(24-10-4-7-21-8-5-11-26(34)29(21)24)17-27(25)37-32(38-30)44-19-23-9-6-14-39(23)3/h4-5,7-8,10-11,22-23,28H,6,9,12,14-20H2,1-3H3/t22-,23+,28-/m0/s1. The molecular formula is C33H38ClFN6O3. The van der Waals surface area contributed by atoms with Crippen LogP contribution in [0, 0.1) is 11.3 Å². The lowest BCUT2D eigenvalue weighted by molar-refractivity contribution is -0.144. The molecule has 0 aliphatic carbocycles. The number of piperazine rings is 1. The van der Waals surface area contributed by atoms with Gasteiger partial charge in [-0.3, -0.25) is 4.79 Å². The Labute approximate surface area is 262 Å². The average Bonchev–Trinajstić information content (AvgIpc) is 3.43. The second kappa shape index (κ2) is 12.5. The Morgan fingerprint density at radius 2 is 1.98 bits per heavy atom. The Morgan fingerprint density at radius 3 is 2.70 bits per heavy atom. The van der Waals surface area contributed by atoms with Crippen molar-refractivity contribution < 1.29 is 18.7 Å². The number of rotatable bonds is 7. The van der Waals surface area contributed by atoms with E-state index in [4.69, 9.17) is 31.0 Å². The van der Waals surface area contributed by atoms with E-state index in [2.05, 4.69) is 22.9 Å². The van der Waals surface area contributed by atoms with E-state index in [0.717, 1.165) is 47.0 Å². The fourth-order valence-electron chi connectivity index (χ4n) is 6.64. The summed E-state index contributed by atoms with van der Waals surface area (Å²) in [5, 5.41) is 12.3. The molecule has 0 bridgehead atoms. The first kappa shape index (κ1) is 30.5. The van der Waals surface area contributed by atoms with E-state index in [-0.39, 0.29) is 25.7 Å². The van der Waals surface area contributed by atoms with Crippen LogP contribution < -0.4 is 9.64 Å². The van der Waals surface area contributed by atoms with Gasteiger partial charge >= 0.3 is 6.01 Å². The van der Waals surface area contributed by atoms with Crippen molar-refractivity contribution in [2.24, 2.45) is 0 Å². The van der Waals surface area contributed by atoms with Gasteiger partial charge in [0.2, 0.25) is 0 Å². The lowest BCUT2D eigenvalue weighted by Gasteiger charge is -2.43.